The summed E-state index contributed by atoms with van der Waals surface area (Å²) in [6, 6.07) is 16.4. The molecule has 190 valence electrons. The number of nitrogens with zero attached hydrogens (tertiary/aromatic N) is 3. The summed E-state index contributed by atoms with van der Waals surface area (Å²) in [4.78, 5) is 0.0651. The minimum absolute atomic E-state index is 0.0651. The largest absolute Gasteiger partial charge is 0.497 e. The summed E-state index contributed by atoms with van der Waals surface area (Å²) in [6.07, 6.45) is 2.29. The van der Waals surface area contributed by atoms with Crippen molar-refractivity contribution in [3.05, 3.63) is 70.3 Å². The van der Waals surface area contributed by atoms with E-state index in [1.54, 1.807) is 29.9 Å². The molecule has 11 heteroatoms. The molecule has 0 saturated heterocycles. The van der Waals surface area contributed by atoms with Crippen molar-refractivity contribution in [2.24, 2.45) is 0 Å². The molecule has 0 bridgehead atoms. The van der Waals surface area contributed by atoms with Crippen molar-refractivity contribution in [1.29, 1.82) is 0 Å². The van der Waals surface area contributed by atoms with E-state index < -0.39 is 10.0 Å². The SMILES string of the molecule is COc1ccc(OC)c(S(=O)(=O)N(C)CCCNc2cc(-c3ccccc3Cl)cc3c(Br)cnn23)c1. The Morgan fingerprint density at radius 1 is 1.11 bits per heavy atom. The van der Waals surface area contributed by atoms with Gasteiger partial charge in [-0.25, -0.2) is 17.2 Å². The Morgan fingerprint density at radius 3 is 2.61 bits per heavy atom. The maximum absolute atomic E-state index is 13.2. The highest BCUT2D eigenvalue weighted by Gasteiger charge is 2.25. The van der Waals surface area contributed by atoms with E-state index in [0.29, 0.717) is 30.3 Å². The van der Waals surface area contributed by atoms with Gasteiger partial charge in [-0.3, -0.25) is 0 Å². The lowest BCUT2D eigenvalue weighted by molar-refractivity contribution is 0.388. The summed E-state index contributed by atoms with van der Waals surface area (Å²) in [5.74, 6) is 1.48. The van der Waals surface area contributed by atoms with E-state index in [4.69, 9.17) is 21.1 Å². The average Bonchev–Trinajstić information content (AvgIpc) is 3.26. The number of pyridine rings is 1. The average molecular weight is 594 g/mol. The van der Waals surface area contributed by atoms with Gasteiger partial charge in [0.1, 0.15) is 22.2 Å². The summed E-state index contributed by atoms with van der Waals surface area (Å²) in [6.45, 7) is 0.819. The molecule has 0 spiro atoms. The van der Waals surface area contributed by atoms with Crippen molar-refractivity contribution >= 4 is 48.9 Å². The fourth-order valence-corrected chi connectivity index (χ4v) is 5.82. The molecule has 0 radical (unpaired) electrons. The number of fused-ring (bicyclic) bond motifs is 1. The number of rotatable bonds is 10. The van der Waals surface area contributed by atoms with Gasteiger partial charge in [0.15, 0.2) is 0 Å². The molecule has 4 aromatic rings. The maximum atomic E-state index is 13.2. The smallest absolute Gasteiger partial charge is 0.246 e. The van der Waals surface area contributed by atoms with E-state index in [1.165, 1.54) is 24.6 Å². The first-order valence-electron chi connectivity index (χ1n) is 11.1. The minimum atomic E-state index is -3.78. The van der Waals surface area contributed by atoms with Gasteiger partial charge < -0.3 is 14.8 Å². The van der Waals surface area contributed by atoms with Crippen molar-refractivity contribution < 1.29 is 17.9 Å². The first-order valence-corrected chi connectivity index (χ1v) is 13.7. The molecule has 8 nitrogen and oxygen atoms in total. The number of benzene rings is 2. The molecule has 0 aliphatic carbocycles. The number of ether oxygens (including phenoxy) is 2. The van der Waals surface area contributed by atoms with Gasteiger partial charge in [0, 0.05) is 36.8 Å². The van der Waals surface area contributed by atoms with Crippen LogP contribution in [0.25, 0.3) is 16.6 Å². The Labute approximate surface area is 224 Å². The molecule has 0 saturated carbocycles. The highest BCUT2D eigenvalue weighted by atomic mass is 79.9. The third-order valence-corrected chi connectivity index (χ3v) is 8.59. The van der Waals surface area contributed by atoms with Gasteiger partial charge in [0.2, 0.25) is 10.0 Å². The van der Waals surface area contributed by atoms with E-state index in [9.17, 15) is 8.42 Å². The van der Waals surface area contributed by atoms with Gasteiger partial charge in [-0.05, 0) is 58.2 Å². The van der Waals surface area contributed by atoms with Crippen molar-refractivity contribution in [3.8, 4) is 22.6 Å². The second-order valence-electron chi connectivity index (χ2n) is 8.02. The molecule has 2 aromatic heterocycles. The van der Waals surface area contributed by atoms with E-state index in [-0.39, 0.29) is 10.6 Å². The molecule has 0 aliphatic heterocycles. The molecule has 0 aliphatic rings. The molecule has 0 amide bonds. The molecular formula is C25H26BrClN4O4S. The summed E-state index contributed by atoms with van der Waals surface area (Å²) >= 11 is 9.99. The fourth-order valence-electron chi connectivity index (χ4n) is 3.83. The van der Waals surface area contributed by atoms with Crippen molar-refractivity contribution in [2.45, 2.75) is 11.3 Å². The Kier molecular flexibility index (Phi) is 8.09. The number of anilines is 1. The topological polar surface area (TPSA) is 85.2 Å². The lowest BCUT2D eigenvalue weighted by atomic mass is 10.1. The van der Waals surface area contributed by atoms with E-state index in [1.807, 2.05) is 36.4 Å². The molecule has 1 N–H and O–H groups in total. The second-order valence-corrected chi connectivity index (χ2v) is 11.3. The van der Waals surface area contributed by atoms with Crippen LogP contribution < -0.4 is 14.8 Å². The highest BCUT2D eigenvalue weighted by Crippen LogP contribution is 2.33. The van der Waals surface area contributed by atoms with Crippen LogP contribution in [0.2, 0.25) is 5.02 Å². The van der Waals surface area contributed by atoms with Gasteiger partial charge in [-0.1, -0.05) is 29.8 Å². The van der Waals surface area contributed by atoms with Gasteiger partial charge in [-0.2, -0.15) is 5.10 Å². The lowest BCUT2D eigenvalue weighted by Gasteiger charge is -2.19. The summed E-state index contributed by atoms with van der Waals surface area (Å²) in [5.41, 5.74) is 2.75. The maximum Gasteiger partial charge on any atom is 0.246 e. The van der Waals surface area contributed by atoms with Crippen LogP contribution in [-0.4, -0.2) is 56.7 Å². The summed E-state index contributed by atoms with van der Waals surface area (Å²) in [5, 5.41) is 8.49. The van der Waals surface area contributed by atoms with Crippen LogP contribution in [0.15, 0.2) is 70.2 Å². The van der Waals surface area contributed by atoms with Crippen LogP contribution in [0.5, 0.6) is 11.5 Å². The van der Waals surface area contributed by atoms with Crippen LogP contribution in [-0.2, 0) is 10.0 Å². The monoisotopic (exact) mass is 592 g/mol. The predicted molar refractivity (Wildman–Crippen MR) is 146 cm³/mol. The predicted octanol–water partition coefficient (Wildman–Crippen LogP) is 5.56. The molecule has 2 aromatic carbocycles. The summed E-state index contributed by atoms with van der Waals surface area (Å²) in [7, 11) is 0.704. The number of hydrogen-bond acceptors (Lipinski definition) is 6. The van der Waals surface area contributed by atoms with Crippen LogP contribution >= 0.6 is 27.5 Å². The van der Waals surface area contributed by atoms with Crippen LogP contribution in [0.1, 0.15) is 6.42 Å². The Bertz CT molecular complexity index is 1490. The number of nitrogens with one attached hydrogen (secondary N) is 1. The number of sulfonamides is 1. The molecule has 2 heterocycles. The number of aromatic nitrogens is 2. The molecule has 0 unspecified atom stereocenters. The zero-order valence-corrected chi connectivity index (χ0v) is 23.2. The Hall–Kier alpha value is -2.79. The van der Waals surface area contributed by atoms with E-state index in [0.717, 1.165) is 26.9 Å². The van der Waals surface area contributed by atoms with Gasteiger partial charge in [0.05, 0.1) is 30.4 Å². The number of halogens is 2. The first-order chi connectivity index (χ1) is 17.3. The van der Waals surface area contributed by atoms with E-state index in [2.05, 4.69) is 26.3 Å². The molecule has 0 atom stereocenters. The van der Waals surface area contributed by atoms with Crippen LogP contribution in [0, 0.1) is 0 Å². The van der Waals surface area contributed by atoms with E-state index >= 15 is 0 Å². The Morgan fingerprint density at radius 2 is 1.89 bits per heavy atom. The van der Waals surface area contributed by atoms with Gasteiger partial charge >= 0.3 is 0 Å². The minimum Gasteiger partial charge on any atom is -0.497 e. The highest BCUT2D eigenvalue weighted by molar-refractivity contribution is 9.10. The molecule has 0 fully saturated rings. The molecular weight excluding hydrogens is 568 g/mol. The van der Waals surface area contributed by atoms with Crippen LogP contribution in [0.4, 0.5) is 5.82 Å². The zero-order chi connectivity index (χ0) is 25.9. The van der Waals surface area contributed by atoms with Crippen molar-refractivity contribution in [1.82, 2.24) is 13.9 Å². The third kappa shape index (κ3) is 5.31. The normalized spacial score (nSPS) is 11.7. The van der Waals surface area contributed by atoms with Gasteiger partial charge in [0.25, 0.3) is 0 Å². The Balaban J connectivity index is 1.50. The first kappa shape index (κ1) is 26.3. The standard InChI is InChI=1S/C25H26BrClN4O4S/c1-30(36(32,33)24-15-18(34-2)9-10-23(24)35-3)12-6-11-28-25-14-17(19-7-4-5-8-21(19)27)13-22-20(26)16-29-31(22)25/h4-5,7-10,13-16,28H,6,11-12H2,1-3H3. The van der Waals surface area contributed by atoms with Crippen molar-refractivity contribution in [2.75, 3.05) is 39.7 Å². The van der Waals surface area contributed by atoms with Gasteiger partial charge in [-0.15, -0.1) is 0 Å². The van der Waals surface area contributed by atoms with Crippen LogP contribution in [0.3, 0.4) is 0 Å². The second kappa shape index (κ2) is 11.1. The van der Waals surface area contributed by atoms with Crippen molar-refractivity contribution in [3.63, 3.8) is 0 Å². The summed E-state index contributed by atoms with van der Waals surface area (Å²) < 4.78 is 40.8. The lowest BCUT2D eigenvalue weighted by Crippen LogP contribution is -2.29. The zero-order valence-electron chi connectivity index (χ0n) is 20.0. The fraction of sp³-hybridized carbons (Fsp3) is 0.240. The third-order valence-electron chi connectivity index (χ3n) is 5.77. The molecule has 36 heavy (non-hydrogen) atoms. The number of methoxy groups -OCH3 is 2. The quantitative estimate of drug-likeness (QED) is 0.243. The number of hydrogen-bond donors (Lipinski definition) is 1. The molecule has 4 rings (SSSR count).